The maximum absolute atomic E-state index is 14.1. The molecule has 0 aromatic heterocycles. The molecular weight excluding hydrogens is 683 g/mol. The number of hydrogen-bond donors (Lipinski definition) is 6. The molecular formula is C38H45N7O6S. The summed E-state index contributed by atoms with van der Waals surface area (Å²) in [5, 5.41) is 13.1. The van der Waals surface area contributed by atoms with Gasteiger partial charge in [-0.1, -0.05) is 84.9 Å². The van der Waals surface area contributed by atoms with Crippen LogP contribution in [-0.4, -0.2) is 62.0 Å². The van der Waals surface area contributed by atoms with Gasteiger partial charge in [-0.2, -0.15) is 4.31 Å². The molecule has 0 aliphatic heterocycles. The number of unbranched alkanes of at least 4 members (excludes halogenated alkanes) is 1. The number of rotatable bonds is 19. The van der Waals surface area contributed by atoms with E-state index in [1.54, 1.807) is 66.7 Å². The predicted molar refractivity (Wildman–Crippen MR) is 198 cm³/mol. The van der Waals surface area contributed by atoms with E-state index in [0.717, 1.165) is 9.87 Å². The lowest BCUT2D eigenvalue weighted by Crippen LogP contribution is -2.55. The second-order valence-electron chi connectivity index (χ2n) is 12.2. The molecule has 0 spiro atoms. The monoisotopic (exact) mass is 727 g/mol. The number of amides is 3. The van der Waals surface area contributed by atoms with Crippen LogP contribution in [0.25, 0.3) is 0 Å². The molecule has 14 heteroatoms. The van der Waals surface area contributed by atoms with Crippen LogP contribution in [0.1, 0.15) is 47.6 Å². The molecule has 52 heavy (non-hydrogen) atoms. The molecule has 0 aliphatic rings. The average Bonchev–Trinajstić information content (AvgIpc) is 3.15. The van der Waals surface area contributed by atoms with Crippen molar-refractivity contribution in [1.82, 2.24) is 14.9 Å². The van der Waals surface area contributed by atoms with E-state index in [2.05, 4.69) is 10.6 Å². The summed E-state index contributed by atoms with van der Waals surface area (Å²) in [6, 6.07) is 26.7. The molecule has 3 amide bonds. The fraction of sp³-hybridized carbons (Fsp3) is 0.263. The number of sulfonamides is 1. The zero-order valence-corrected chi connectivity index (χ0v) is 29.7. The Hall–Kier alpha value is -5.57. The lowest BCUT2D eigenvalue weighted by Gasteiger charge is -2.29. The highest BCUT2D eigenvalue weighted by Crippen LogP contribution is 2.22. The second-order valence-corrected chi connectivity index (χ2v) is 14.2. The number of primary amides is 1. The summed E-state index contributed by atoms with van der Waals surface area (Å²) < 4.78 is 34.2. The first kappa shape index (κ1) is 39.2. The van der Waals surface area contributed by atoms with Gasteiger partial charge in [-0.05, 0) is 73.2 Å². The predicted octanol–water partition coefficient (Wildman–Crippen LogP) is 2.74. The van der Waals surface area contributed by atoms with Gasteiger partial charge in [0.15, 0.2) is 0 Å². The normalized spacial score (nSPS) is 13.1. The Morgan fingerprint density at radius 2 is 1.40 bits per heavy atom. The average molecular weight is 728 g/mol. The van der Waals surface area contributed by atoms with Crippen LogP contribution in [0.5, 0.6) is 5.75 Å². The number of nitrogens with zero attached hydrogens (tertiary/aromatic N) is 1. The first-order valence-electron chi connectivity index (χ1n) is 16.7. The molecule has 0 unspecified atom stereocenters. The summed E-state index contributed by atoms with van der Waals surface area (Å²) >= 11 is 0. The van der Waals surface area contributed by atoms with Crippen molar-refractivity contribution in [2.24, 2.45) is 17.2 Å². The molecule has 0 aliphatic carbocycles. The number of carbonyl (C=O) groups excluding carboxylic acids is 3. The van der Waals surface area contributed by atoms with E-state index in [0.29, 0.717) is 48.4 Å². The molecule has 3 atom stereocenters. The first-order valence-corrected chi connectivity index (χ1v) is 18.2. The van der Waals surface area contributed by atoms with Gasteiger partial charge in [0, 0.05) is 12.6 Å². The molecule has 0 saturated heterocycles. The van der Waals surface area contributed by atoms with Gasteiger partial charge in [-0.15, -0.1) is 0 Å². The maximum atomic E-state index is 14.1. The van der Waals surface area contributed by atoms with Crippen LogP contribution >= 0.6 is 0 Å². The number of nitrogens with one attached hydrogen (secondary N) is 3. The van der Waals surface area contributed by atoms with Crippen molar-refractivity contribution >= 4 is 33.6 Å². The Labute approximate surface area is 304 Å². The van der Waals surface area contributed by atoms with Gasteiger partial charge in [0.25, 0.3) is 0 Å². The second kappa shape index (κ2) is 18.6. The molecule has 0 radical (unpaired) electrons. The zero-order valence-electron chi connectivity index (χ0n) is 28.9. The molecule has 4 rings (SSSR count). The van der Waals surface area contributed by atoms with Gasteiger partial charge in [0.05, 0.1) is 4.90 Å². The van der Waals surface area contributed by atoms with Gasteiger partial charge in [0.1, 0.15) is 36.3 Å². The summed E-state index contributed by atoms with van der Waals surface area (Å²) in [6.07, 6.45) is 1.10. The summed E-state index contributed by atoms with van der Waals surface area (Å²) in [5.74, 6) is -1.83. The minimum atomic E-state index is -4.16. The number of nitrogen functional groups attached to an aromatic ring is 1. The molecule has 4 aromatic carbocycles. The minimum absolute atomic E-state index is 0.0137. The third kappa shape index (κ3) is 10.7. The Bertz CT molecular complexity index is 1910. The number of ether oxygens (including phenoxy) is 1. The van der Waals surface area contributed by atoms with Crippen LogP contribution in [0.15, 0.2) is 114 Å². The fourth-order valence-corrected chi connectivity index (χ4v) is 6.78. The van der Waals surface area contributed by atoms with E-state index in [4.69, 9.17) is 27.3 Å². The number of hydrogen-bond acceptors (Lipinski definition) is 8. The quantitative estimate of drug-likeness (QED) is 0.0478. The van der Waals surface area contributed by atoms with E-state index in [9.17, 15) is 22.8 Å². The largest absolute Gasteiger partial charge is 0.489 e. The van der Waals surface area contributed by atoms with Crippen LogP contribution in [-0.2, 0) is 37.4 Å². The van der Waals surface area contributed by atoms with Gasteiger partial charge in [0.2, 0.25) is 27.7 Å². The van der Waals surface area contributed by atoms with Gasteiger partial charge < -0.3 is 32.6 Å². The third-order valence-corrected chi connectivity index (χ3v) is 10.3. The van der Waals surface area contributed by atoms with Crippen molar-refractivity contribution in [3.05, 3.63) is 131 Å². The van der Waals surface area contributed by atoms with Crippen LogP contribution in [0, 0.1) is 5.41 Å². The summed E-state index contributed by atoms with van der Waals surface area (Å²) in [7, 11) is -2.86. The van der Waals surface area contributed by atoms with E-state index >= 15 is 0 Å². The Kier molecular flexibility index (Phi) is 14.0. The molecule has 9 N–H and O–H groups in total. The molecule has 4 aromatic rings. The van der Waals surface area contributed by atoms with E-state index < -0.39 is 45.9 Å². The van der Waals surface area contributed by atoms with Gasteiger partial charge in [-0.3, -0.25) is 19.8 Å². The van der Waals surface area contributed by atoms with Crippen LogP contribution in [0.4, 0.5) is 0 Å². The van der Waals surface area contributed by atoms with Gasteiger partial charge >= 0.3 is 0 Å². The molecule has 0 saturated carbocycles. The van der Waals surface area contributed by atoms with Crippen molar-refractivity contribution in [2.75, 3.05) is 13.6 Å². The molecule has 0 bridgehead atoms. The Morgan fingerprint density at radius 1 is 0.788 bits per heavy atom. The lowest BCUT2D eigenvalue weighted by molar-refractivity contribution is -0.132. The van der Waals surface area contributed by atoms with Crippen LogP contribution < -0.4 is 32.6 Å². The number of nitrogens with two attached hydrogens (primary N) is 3. The number of benzene rings is 4. The van der Waals surface area contributed by atoms with Crippen molar-refractivity contribution in [3.8, 4) is 5.75 Å². The number of amidine groups is 1. The Morgan fingerprint density at radius 3 is 1.98 bits per heavy atom. The van der Waals surface area contributed by atoms with E-state index in [1.165, 1.54) is 19.2 Å². The lowest BCUT2D eigenvalue weighted by atomic mass is 10.0. The van der Waals surface area contributed by atoms with E-state index in [1.807, 2.05) is 30.3 Å². The summed E-state index contributed by atoms with van der Waals surface area (Å²) in [4.78, 5) is 40.5. The van der Waals surface area contributed by atoms with Crippen molar-refractivity contribution in [2.45, 2.75) is 55.3 Å². The smallest absolute Gasteiger partial charge is 0.244 e. The highest BCUT2D eigenvalue weighted by Gasteiger charge is 2.35. The SMILES string of the molecule is CN([C@@H](Cc1ccc(C(=N)N)cc1)C(=O)N[C@@H](CCCCN)C(=O)N[C@H](C(N)=O)c1ccc(OCc2ccccc2)cc1)S(=O)(=O)c1ccccc1. The topological polar surface area (TPSA) is 224 Å². The highest BCUT2D eigenvalue weighted by molar-refractivity contribution is 7.89. The fourth-order valence-electron chi connectivity index (χ4n) is 5.44. The third-order valence-electron chi connectivity index (χ3n) is 8.47. The van der Waals surface area contributed by atoms with Crippen LogP contribution in [0.3, 0.4) is 0 Å². The molecule has 13 nitrogen and oxygen atoms in total. The first-order chi connectivity index (χ1) is 24.9. The van der Waals surface area contributed by atoms with Gasteiger partial charge in [-0.25, -0.2) is 8.42 Å². The minimum Gasteiger partial charge on any atom is -0.489 e. The van der Waals surface area contributed by atoms with Crippen molar-refractivity contribution in [3.63, 3.8) is 0 Å². The summed E-state index contributed by atoms with van der Waals surface area (Å²) in [6.45, 7) is 0.689. The zero-order chi connectivity index (χ0) is 37.7. The standard InChI is InChI=1S/C38H45N7O6S/c1-45(52(49,50)31-12-6-3-7-13-31)33(24-26-15-17-29(18-16-26)35(40)41)38(48)43-32(14-8-9-23-39)37(47)44-34(36(42)46)28-19-21-30(22-20-28)51-25-27-10-4-2-5-11-27/h2-7,10-13,15-22,32-34H,8-9,14,23-25,39H2,1H3,(H3,40,41)(H2,42,46)(H,43,48)(H,44,47)/t32-,33-,34-/m0/s1. The molecule has 274 valence electrons. The van der Waals surface area contributed by atoms with E-state index in [-0.39, 0.29) is 23.6 Å². The molecule has 0 fully saturated rings. The van der Waals surface area contributed by atoms with Crippen molar-refractivity contribution < 1.29 is 27.5 Å². The number of carbonyl (C=O) groups is 3. The molecule has 0 heterocycles. The number of likely N-dealkylation sites (N-methyl/N-ethyl adjacent to an activating group) is 1. The summed E-state index contributed by atoms with van der Waals surface area (Å²) in [5.41, 5.74) is 19.5. The van der Waals surface area contributed by atoms with Crippen LogP contribution in [0.2, 0.25) is 0 Å². The maximum Gasteiger partial charge on any atom is 0.244 e. The van der Waals surface area contributed by atoms with Crippen molar-refractivity contribution in [1.29, 1.82) is 5.41 Å². The Balaban J connectivity index is 1.56. The highest BCUT2D eigenvalue weighted by atomic mass is 32.2.